The van der Waals surface area contributed by atoms with Crippen LogP contribution in [0.15, 0.2) is 102 Å². The Labute approximate surface area is 269 Å². The molecule has 0 radical (unpaired) electrons. The molecule has 0 aliphatic rings. The van der Waals surface area contributed by atoms with Gasteiger partial charge in [0, 0.05) is 35.1 Å². The van der Waals surface area contributed by atoms with Crippen LogP contribution in [-0.4, -0.2) is 44.3 Å². The van der Waals surface area contributed by atoms with Crippen LogP contribution in [0.4, 0.5) is 5.69 Å². The highest BCUT2D eigenvalue weighted by atomic mass is 35.5. The third-order valence-corrected chi connectivity index (χ3v) is 9.61. The second kappa shape index (κ2) is 14.8. The summed E-state index contributed by atoms with van der Waals surface area (Å²) in [5, 5.41) is 3.49. The highest BCUT2D eigenvalue weighted by Crippen LogP contribution is 2.29. The zero-order chi connectivity index (χ0) is 31.9. The summed E-state index contributed by atoms with van der Waals surface area (Å²) in [6.45, 7) is 5.19. The Morgan fingerprint density at radius 2 is 1.39 bits per heavy atom. The van der Waals surface area contributed by atoms with Crippen molar-refractivity contribution >= 4 is 50.7 Å². The first-order valence-corrected chi connectivity index (χ1v) is 16.4. The fourth-order valence-electron chi connectivity index (χ4n) is 5.04. The minimum atomic E-state index is -4.19. The van der Waals surface area contributed by atoms with Crippen molar-refractivity contribution in [1.82, 2.24) is 10.2 Å². The number of amides is 2. The second-order valence-corrected chi connectivity index (χ2v) is 13.2. The number of rotatable bonds is 12. The van der Waals surface area contributed by atoms with Crippen molar-refractivity contribution in [1.29, 1.82) is 0 Å². The number of halogens is 2. The molecule has 0 heterocycles. The van der Waals surface area contributed by atoms with Gasteiger partial charge in [0.2, 0.25) is 11.8 Å². The lowest BCUT2D eigenvalue weighted by atomic mass is 10.0. The van der Waals surface area contributed by atoms with Crippen molar-refractivity contribution in [3.8, 4) is 0 Å². The molecular weight excluding hydrogens is 617 g/mol. The summed E-state index contributed by atoms with van der Waals surface area (Å²) in [6.07, 6.45) is 0.190. The molecule has 0 aliphatic heterocycles. The van der Waals surface area contributed by atoms with E-state index in [9.17, 15) is 18.0 Å². The molecule has 4 aromatic rings. The van der Waals surface area contributed by atoms with Gasteiger partial charge in [-0.25, -0.2) is 8.42 Å². The van der Waals surface area contributed by atoms with Crippen LogP contribution in [-0.2, 0) is 32.6 Å². The Hall–Kier alpha value is -3.85. The Bertz CT molecular complexity index is 1680. The van der Waals surface area contributed by atoms with Gasteiger partial charge in [0.05, 0.1) is 10.6 Å². The number of carbonyl (C=O) groups is 2. The van der Waals surface area contributed by atoms with Crippen LogP contribution in [0, 0.1) is 13.8 Å². The van der Waals surface area contributed by atoms with Crippen molar-refractivity contribution in [2.45, 2.75) is 44.7 Å². The van der Waals surface area contributed by atoms with Crippen LogP contribution in [0.5, 0.6) is 0 Å². The second-order valence-electron chi connectivity index (χ2n) is 10.5. The van der Waals surface area contributed by atoms with Crippen LogP contribution in [0.2, 0.25) is 10.0 Å². The van der Waals surface area contributed by atoms with E-state index in [0.29, 0.717) is 27.8 Å². The number of hydrogen-bond donors (Lipinski definition) is 1. The van der Waals surface area contributed by atoms with Crippen LogP contribution in [0.25, 0.3) is 0 Å². The fourth-order valence-corrected chi connectivity index (χ4v) is 6.98. The van der Waals surface area contributed by atoms with Gasteiger partial charge >= 0.3 is 0 Å². The van der Waals surface area contributed by atoms with Crippen molar-refractivity contribution in [2.75, 3.05) is 17.4 Å². The van der Waals surface area contributed by atoms with Crippen LogP contribution >= 0.6 is 23.2 Å². The molecule has 0 saturated carbocycles. The zero-order valence-electron chi connectivity index (χ0n) is 24.8. The molecule has 0 bridgehead atoms. The van der Waals surface area contributed by atoms with Crippen molar-refractivity contribution in [3.63, 3.8) is 0 Å². The van der Waals surface area contributed by atoms with Gasteiger partial charge in [0.25, 0.3) is 10.0 Å². The number of sulfonamides is 1. The number of hydrogen-bond acceptors (Lipinski definition) is 4. The largest absolute Gasteiger partial charge is 0.355 e. The molecule has 7 nitrogen and oxygen atoms in total. The average Bonchev–Trinajstić information content (AvgIpc) is 2.99. The molecule has 4 aromatic carbocycles. The van der Waals surface area contributed by atoms with E-state index in [2.05, 4.69) is 5.32 Å². The maximum Gasteiger partial charge on any atom is 0.264 e. The van der Waals surface area contributed by atoms with Gasteiger partial charge in [-0.2, -0.15) is 0 Å². The molecule has 4 rings (SSSR count). The lowest BCUT2D eigenvalue weighted by molar-refractivity contribution is -0.140. The molecule has 1 atom stereocenters. The van der Waals surface area contributed by atoms with Crippen molar-refractivity contribution in [2.24, 2.45) is 0 Å². The molecule has 0 aliphatic carbocycles. The van der Waals surface area contributed by atoms with E-state index in [4.69, 9.17) is 23.2 Å². The Kier molecular flexibility index (Phi) is 11.1. The van der Waals surface area contributed by atoms with Crippen LogP contribution in [0.1, 0.15) is 29.2 Å². The van der Waals surface area contributed by atoms with E-state index in [1.54, 1.807) is 55.5 Å². The molecule has 0 saturated heterocycles. The number of benzene rings is 4. The molecule has 44 heavy (non-hydrogen) atoms. The van der Waals surface area contributed by atoms with Gasteiger partial charge in [-0.1, -0.05) is 83.9 Å². The molecule has 2 amide bonds. The Morgan fingerprint density at radius 1 is 0.818 bits per heavy atom. The van der Waals surface area contributed by atoms with E-state index in [-0.39, 0.29) is 23.8 Å². The van der Waals surface area contributed by atoms with Gasteiger partial charge in [-0.3, -0.25) is 13.9 Å². The number of likely N-dealkylation sites (N-methyl/N-ethyl adjacent to an activating group) is 1. The summed E-state index contributed by atoms with van der Waals surface area (Å²) < 4.78 is 29.3. The maximum atomic E-state index is 14.5. The highest BCUT2D eigenvalue weighted by Gasteiger charge is 2.35. The summed E-state index contributed by atoms with van der Waals surface area (Å²) in [7, 11) is -4.19. The van der Waals surface area contributed by atoms with Crippen LogP contribution in [0.3, 0.4) is 0 Å². The standard InChI is InChI=1S/C34H35Cl2N3O4S/c1-4-37-34(41)32(21-26-12-7-5-8-13-26)38(22-29-30(35)16-11-17-31(29)36)33(40)23-39(27-19-24(2)18-25(3)20-27)44(42,43)28-14-9-6-10-15-28/h5-20,32H,4,21-23H2,1-3H3,(H,37,41)/t32-/m1/s1. The molecule has 0 spiro atoms. The fraction of sp³-hybridized carbons (Fsp3) is 0.235. The monoisotopic (exact) mass is 651 g/mol. The van der Waals surface area contributed by atoms with Gasteiger partial charge in [0.15, 0.2) is 0 Å². The van der Waals surface area contributed by atoms with Crippen LogP contribution < -0.4 is 9.62 Å². The quantitative estimate of drug-likeness (QED) is 0.187. The topological polar surface area (TPSA) is 86.8 Å². The van der Waals surface area contributed by atoms with E-state index in [1.165, 1.54) is 17.0 Å². The van der Waals surface area contributed by atoms with E-state index < -0.39 is 28.5 Å². The van der Waals surface area contributed by atoms with Crippen molar-refractivity contribution < 1.29 is 18.0 Å². The number of aryl methyl sites for hydroxylation is 2. The molecular formula is C34H35Cl2N3O4S. The van der Waals surface area contributed by atoms with Gasteiger partial charge in [0.1, 0.15) is 12.6 Å². The molecule has 1 N–H and O–H groups in total. The zero-order valence-corrected chi connectivity index (χ0v) is 27.2. The first-order chi connectivity index (χ1) is 21.0. The van der Waals surface area contributed by atoms with E-state index in [1.807, 2.05) is 50.2 Å². The van der Waals surface area contributed by atoms with Gasteiger partial charge in [-0.05, 0) is 73.9 Å². The number of nitrogens with one attached hydrogen (secondary N) is 1. The highest BCUT2D eigenvalue weighted by molar-refractivity contribution is 7.92. The Balaban J connectivity index is 1.85. The SMILES string of the molecule is CCNC(=O)[C@@H](Cc1ccccc1)N(Cc1c(Cl)cccc1Cl)C(=O)CN(c1cc(C)cc(C)c1)S(=O)(=O)c1ccccc1. The minimum Gasteiger partial charge on any atom is -0.355 e. The smallest absolute Gasteiger partial charge is 0.264 e. The van der Waals surface area contributed by atoms with E-state index >= 15 is 0 Å². The summed E-state index contributed by atoms with van der Waals surface area (Å²) in [4.78, 5) is 29.5. The lowest BCUT2D eigenvalue weighted by Gasteiger charge is -2.34. The minimum absolute atomic E-state index is 0.0391. The van der Waals surface area contributed by atoms with Gasteiger partial charge < -0.3 is 10.2 Å². The summed E-state index contributed by atoms with van der Waals surface area (Å²) in [5.74, 6) is -0.969. The molecule has 230 valence electrons. The Morgan fingerprint density at radius 3 is 1.95 bits per heavy atom. The molecule has 10 heteroatoms. The molecule has 0 unspecified atom stereocenters. The van der Waals surface area contributed by atoms with E-state index in [0.717, 1.165) is 21.0 Å². The first-order valence-electron chi connectivity index (χ1n) is 14.2. The van der Waals surface area contributed by atoms with Crippen molar-refractivity contribution in [3.05, 3.63) is 129 Å². The summed E-state index contributed by atoms with van der Waals surface area (Å²) >= 11 is 13.1. The molecule has 0 aromatic heterocycles. The summed E-state index contributed by atoms with van der Waals surface area (Å²) in [5.41, 5.74) is 3.30. The third-order valence-electron chi connectivity index (χ3n) is 7.12. The first kappa shape index (κ1) is 33.1. The summed E-state index contributed by atoms with van der Waals surface area (Å²) in [6, 6.07) is 26.7. The molecule has 0 fully saturated rings. The normalized spacial score (nSPS) is 11.9. The number of anilines is 1. The maximum absolute atomic E-state index is 14.5. The predicted octanol–water partition coefficient (Wildman–Crippen LogP) is 6.58. The number of carbonyl (C=O) groups excluding carboxylic acids is 2. The third kappa shape index (κ3) is 8.00. The number of nitrogens with zero attached hydrogens (tertiary/aromatic N) is 2. The lowest BCUT2D eigenvalue weighted by Crippen LogP contribution is -2.53. The van der Waals surface area contributed by atoms with Gasteiger partial charge in [-0.15, -0.1) is 0 Å². The predicted molar refractivity (Wildman–Crippen MR) is 177 cm³/mol. The average molecular weight is 653 g/mol.